The molecule has 0 saturated carbocycles. The Morgan fingerprint density at radius 2 is 1.71 bits per heavy atom. The number of esters is 1. The summed E-state index contributed by atoms with van der Waals surface area (Å²) in [6.45, 7) is 5.40. The molecular formula is C26H34N2O8S2. The molecule has 2 aliphatic heterocycles. The van der Waals surface area contributed by atoms with Gasteiger partial charge in [0.1, 0.15) is 5.75 Å². The number of hydrogen-bond acceptors (Lipinski definition) is 8. The van der Waals surface area contributed by atoms with Crippen LogP contribution in [0.4, 0.5) is 5.69 Å². The largest absolute Gasteiger partial charge is 0.426 e. The highest BCUT2D eigenvalue weighted by Gasteiger charge is 2.36. The fourth-order valence-electron chi connectivity index (χ4n) is 5.10. The highest BCUT2D eigenvalue weighted by atomic mass is 32.3. The zero-order chi connectivity index (χ0) is 27.5. The maximum atomic E-state index is 13.3. The van der Waals surface area contributed by atoms with Crippen LogP contribution >= 0.6 is 0 Å². The minimum Gasteiger partial charge on any atom is -0.426 e. The van der Waals surface area contributed by atoms with Gasteiger partial charge in [-0.15, -0.1) is 0 Å². The average Bonchev–Trinajstić information content (AvgIpc) is 3.57. The van der Waals surface area contributed by atoms with Gasteiger partial charge in [0.2, 0.25) is 10.0 Å². The number of anilines is 1. The third-order valence-electron chi connectivity index (χ3n) is 7.16. The molecule has 0 aliphatic carbocycles. The molecule has 1 N–H and O–H groups in total. The van der Waals surface area contributed by atoms with Crippen molar-refractivity contribution in [2.75, 3.05) is 31.1 Å². The fraction of sp³-hybridized carbons (Fsp3) is 0.500. The van der Waals surface area contributed by atoms with Crippen molar-refractivity contribution in [2.24, 2.45) is 0 Å². The second-order valence-electron chi connectivity index (χ2n) is 9.72. The van der Waals surface area contributed by atoms with Crippen molar-refractivity contribution in [3.63, 3.8) is 0 Å². The van der Waals surface area contributed by atoms with E-state index in [0.717, 1.165) is 24.3 Å². The van der Waals surface area contributed by atoms with Crippen LogP contribution in [0.1, 0.15) is 56.1 Å². The van der Waals surface area contributed by atoms with Crippen LogP contribution in [0.25, 0.3) is 0 Å². The second-order valence-corrected chi connectivity index (χ2v) is 12.7. The Morgan fingerprint density at radius 1 is 1.03 bits per heavy atom. The van der Waals surface area contributed by atoms with Gasteiger partial charge in [-0.3, -0.25) is 9.35 Å². The van der Waals surface area contributed by atoms with Gasteiger partial charge in [-0.1, -0.05) is 19.1 Å². The molecule has 4 rings (SSSR count). The minimum atomic E-state index is -4.68. The molecule has 2 fully saturated rings. The summed E-state index contributed by atoms with van der Waals surface area (Å²) >= 11 is 0. The molecule has 2 heterocycles. The Bertz CT molecular complexity index is 1350. The lowest BCUT2D eigenvalue weighted by atomic mass is 9.96. The summed E-state index contributed by atoms with van der Waals surface area (Å²) in [5.74, 6) is -0.602. The number of nitrogens with zero attached hydrogens (tertiary/aromatic N) is 2. The number of hydrogen-bond donors (Lipinski definition) is 1. The van der Waals surface area contributed by atoms with Crippen molar-refractivity contribution in [3.8, 4) is 5.75 Å². The summed E-state index contributed by atoms with van der Waals surface area (Å²) in [4.78, 5) is 15.4. The Balaban J connectivity index is 1.46. The Morgan fingerprint density at radius 3 is 2.32 bits per heavy atom. The summed E-state index contributed by atoms with van der Waals surface area (Å²) in [5.41, 5.74) is 2.49. The van der Waals surface area contributed by atoms with Gasteiger partial charge < -0.3 is 9.64 Å². The van der Waals surface area contributed by atoms with Crippen molar-refractivity contribution < 1.29 is 35.1 Å². The van der Waals surface area contributed by atoms with Crippen LogP contribution in [0.5, 0.6) is 5.75 Å². The molecule has 2 aliphatic rings. The van der Waals surface area contributed by atoms with Crippen molar-refractivity contribution >= 4 is 32.1 Å². The van der Waals surface area contributed by atoms with Crippen molar-refractivity contribution in [3.05, 3.63) is 53.6 Å². The summed E-state index contributed by atoms with van der Waals surface area (Å²) in [6, 6.07) is 11.5. The molecule has 2 saturated heterocycles. The zero-order valence-electron chi connectivity index (χ0n) is 21.6. The number of aryl methyl sites for hydroxylation is 1. The van der Waals surface area contributed by atoms with Gasteiger partial charge in [0.15, 0.2) is 0 Å². The zero-order valence-corrected chi connectivity index (χ0v) is 23.2. The smallest absolute Gasteiger partial charge is 0.397 e. The molecule has 10 nitrogen and oxygen atoms in total. The third-order valence-corrected chi connectivity index (χ3v) is 9.54. The van der Waals surface area contributed by atoms with Crippen molar-refractivity contribution in [1.82, 2.24) is 4.31 Å². The number of carbonyl (C=O) groups excluding carboxylic acids is 1. The van der Waals surface area contributed by atoms with E-state index in [-0.39, 0.29) is 17.2 Å². The van der Waals surface area contributed by atoms with Gasteiger partial charge in [0.25, 0.3) is 0 Å². The van der Waals surface area contributed by atoms with E-state index in [2.05, 4.69) is 9.08 Å². The van der Waals surface area contributed by atoms with Gasteiger partial charge in [-0.25, -0.2) is 12.6 Å². The SMILES string of the molecule is CCC(C(=O)Oc1ccc(S(=O)(=O)N2CCC[C@H]2COS(=O)(=O)O)cc1C)c1ccc(N2CCCC2)cc1. The first-order chi connectivity index (χ1) is 18.0. The molecule has 2 atom stereocenters. The summed E-state index contributed by atoms with van der Waals surface area (Å²) < 4.78 is 68.6. The number of rotatable bonds is 10. The molecule has 0 aromatic heterocycles. The second kappa shape index (κ2) is 11.7. The quantitative estimate of drug-likeness (QED) is 0.260. The molecule has 2 aromatic rings. The van der Waals surface area contributed by atoms with Gasteiger partial charge >= 0.3 is 16.4 Å². The lowest BCUT2D eigenvalue weighted by Crippen LogP contribution is -2.38. The van der Waals surface area contributed by atoms with Crippen LogP contribution in [-0.4, -0.2) is 63.9 Å². The highest BCUT2D eigenvalue weighted by molar-refractivity contribution is 7.89. The highest BCUT2D eigenvalue weighted by Crippen LogP contribution is 2.31. The molecule has 0 radical (unpaired) electrons. The molecule has 0 bridgehead atoms. The monoisotopic (exact) mass is 566 g/mol. The van der Waals surface area contributed by atoms with E-state index in [1.807, 2.05) is 31.2 Å². The van der Waals surface area contributed by atoms with Gasteiger partial charge in [-0.2, -0.15) is 12.7 Å². The van der Waals surface area contributed by atoms with E-state index >= 15 is 0 Å². The van der Waals surface area contributed by atoms with Gasteiger partial charge in [-0.05, 0) is 80.5 Å². The van der Waals surface area contributed by atoms with E-state index in [0.29, 0.717) is 24.8 Å². The number of ether oxygens (including phenoxy) is 1. The molecule has 38 heavy (non-hydrogen) atoms. The maximum Gasteiger partial charge on any atom is 0.397 e. The Kier molecular flexibility index (Phi) is 8.78. The Hall–Kier alpha value is -2.51. The van der Waals surface area contributed by atoms with Gasteiger partial charge in [0.05, 0.1) is 23.5 Å². The molecule has 0 spiro atoms. The topological polar surface area (TPSA) is 131 Å². The first-order valence-corrected chi connectivity index (χ1v) is 15.6. The van der Waals surface area contributed by atoms with Crippen LogP contribution in [0.2, 0.25) is 0 Å². The van der Waals surface area contributed by atoms with E-state index < -0.39 is 45.0 Å². The first-order valence-electron chi connectivity index (χ1n) is 12.8. The maximum absolute atomic E-state index is 13.3. The molecule has 0 amide bonds. The number of benzene rings is 2. The average molecular weight is 567 g/mol. The number of carbonyl (C=O) groups is 1. The predicted octanol–water partition coefficient (Wildman–Crippen LogP) is 3.67. The molecule has 1 unspecified atom stereocenters. The lowest BCUT2D eigenvalue weighted by molar-refractivity contribution is -0.136. The van der Waals surface area contributed by atoms with E-state index in [1.54, 1.807) is 6.92 Å². The van der Waals surface area contributed by atoms with Crippen LogP contribution in [0.3, 0.4) is 0 Å². The van der Waals surface area contributed by atoms with Gasteiger partial charge in [0, 0.05) is 25.3 Å². The van der Waals surface area contributed by atoms with Crippen molar-refractivity contribution in [1.29, 1.82) is 0 Å². The summed E-state index contributed by atoms with van der Waals surface area (Å²) in [7, 11) is -8.64. The third kappa shape index (κ3) is 6.55. The standard InChI is InChI=1S/C26H34N2O8S2/c1-3-24(20-8-10-21(11-9-20)27-14-4-5-15-27)26(29)36-25-13-12-23(17-19(25)2)37(30,31)28-16-6-7-22(28)18-35-38(32,33)34/h8-13,17,22,24H,3-7,14-16,18H2,1-2H3,(H,32,33,34)/t22-,24?/m0/s1. The normalized spacial score (nSPS) is 19.6. The van der Waals surface area contributed by atoms with E-state index in [4.69, 9.17) is 9.29 Å². The van der Waals surface area contributed by atoms with Crippen LogP contribution in [0.15, 0.2) is 47.4 Å². The fourth-order valence-corrected chi connectivity index (χ4v) is 7.19. The summed E-state index contributed by atoms with van der Waals surface area (Å²) in [6.07, 6.45) is 3.86. The first kappa shape index (κ1) is 28.5. The van der Waals surface area contributed by atoms with E-state index in [9.17, 15) is 21.6 Å². The van der Waals surface area contributed by atoms with Crippen LogP contribution in [-0.2, 0) is 29.4 Å². The molecule has 2 aromatic carbocycles. The summed E-state index contributed by atoms with van der Waals surface area (Å²) in [5, 5.41) is 0. The number of sulfonamides is 1. The molecule has 208 valence electrons. The molecular weight excluding hydrogens is 532 g/mol. The van der Waals surface area contributed by atoms with Crippen LogP contribution in [0, 0.1) is 6.92 Å². The predicted molar refractivity (Wildman–Crippen MR) is 142 cm³/mol. The Labute approximate surface area is 224 Å². The minimum absolute atomic E-state index is 0.00176. The van der Waals surface area contributed by atoms with E-state index in [1.165, 1.54) is 35.3 Å². The van der Waals surface area contributed by atoms with Crippen molar-refractivity contribution in [2.45, 2.75) is 62.8 Å². The molecule has 12 heteroatoms. The van der Waals surface area contributed by atoms with Crippen LogP contribution < -0.4 is 9.64 Å². The lowest BCUT2D eigenvalue weighted by Gasteiger charge is -2.24.